The highest BCUT2D eigenvalue weighted by molar-refractivity contribution is 7.98. The molecule has 140 valence electrons. The number of nitrogens with zero attached hydrogens (tertiary/aromatic N) is 3. The van der Waals surface area contributed by atoms with Crippen LogP contribution in [-0.2, 0) is 11.5 Å². The fourth-order valence-electron chi connectivity index (χ4n) is 2.72. The van der Waals surface area contributed by atoms with Crippen LogP contribution in [0.5, 0.6) is 0 Å². The minimum Gasteiger partial charge on any atom is -0.273 e. The first-order valence-corrected chi connectivity index (χ1v) is 10.8. The van der Waals surface area contributed by atoms with Gasteiger partial charge in [-0.3, -0.25) is 4.57 Å². The van der Waals surface area contributed by atoms with Crippen molar-refractivity contribution < 1.29 is 4.39 Å². The lowest BCUT2D eigenvalue weighted by Crippen LogP contribution is -2.01. The van der Waals surface area contributed by atoms with Crippen molar-refractivity contribution in [3.8, 4) is 5.69 Å². The molecule has 4 aromatic rings. The van der Waals surface area contributed by atoms with E-state index in [2.05, 4.69) is 39.0 Å². The van der Waals surface area contributed by atoms with Crippen molar-refractivity contribution in [2.75, 3.05) is 0 Å². The smallest absolute Gasteiger partial charge is 0.196 e. The third-order valence-electron chi connectivity index (χ3n) is 4.11. The van der Waals surface area contributed by atoms with Gasteiger partial charge in [-0.15, -0.1) is 22.0 Å². The van der Waals surface area contributed by atoms with E-state index in [-0.39, 0.29) is 5.82 Å². The number of rotatable bonds is 7. The van der Waals surface area contributed by atoms with E-state index in [9.17, 15) is 4.39 Å². The SMILES string of the molecule is Fc1ccc(CSc2nnc(CSc3ccccc3)n2-c2ccccc2)cc1. The molecule has 0 radical (unpaired) electrons. The average Bonchev–Trinajstić information content (AvgIpc) is 3.16. The highest BCUT2D eigenvalue weighted by atomic mass is 32.2. The average molecular weight is 408 g/mol. The van der Waals surface area contributed by atoms with Crippen LogP contribution in [0.15, 0.2) is 95.0 Å². The summed E-state index contributed by atoms with van der Waals surface area (Å²) in [5.74, 6) is 2.11. The number of benzene rings is 3. The van der Waals surface area contributed by atoms with Crippen LogP contribution >= 0.6 is 23.5 Å². The summed E-state index contributed by atoms with van der Waals surface area (Å²) in [4.78, 5) is 1.20. The fourth-order valence-corrected chi connectivity index (χ4v) is 4.48. The first kappa shape index (κ1) is 18.8. The minimum atomic E-state index is -0.221. The van der Waals surface area contributed by atoms with E-state index in [1.165, 1.54) is 17.0 Å². The molecule has 0 amide bonds. The standard InChI is InChI=1S/C22H18FN3S2/c23-18-13-11-17(12-14-18)15-28-22-25-24-21(16-27-20-9-5-2-6-10-20)26(22)19-7-3-1-4-8-19/h1-14H,15-16H2. The van der Waals surface area contributed by atoms with Crippen LogP contribution in [-0.4, -0.2) is 14.8 Å². The first-order valence-electron chi connectivity index (χ1n) is 8.84. The van der Waals surface area contributed by atoms with Gasteiger partial charge >= 0.3 is 0 Å². The number of aromatic nitrogens is 3. The normalized spacial score (nSPS) is 10.9. The Balaban J connectivity index is 1.57. The highest BCUT2D eigenvalue weighted by Crippen LogP contribution is 2.28. The van der Waals surface area contributed by atoms with E-state index >= 15 is 0 Å². The summed E-state index contributed by atoms with van der Waals surface area (Å²) in [7, 11) is 0. The summed E-state index contributed by atoms with van der Waals surface area (Å²) in [5.41, 5.74) is 2.09. The molecular formula is C22H18FN3S2. The van der Waals surface area contributed by atoms with E-state index in [1.807, 2.05) is 36.4 Å². The Morgan fingerprint density at radius 2 is 1.39 bits per heavy atom. The number of hydrogen-bond acceptors (Lipinski definition) is 4. The summed E-state index contributed by atoms with van der Waals surface area (Å²) in [6.07, 6.45) is 0. The quantitative estimate of drug-likeness (QED) is 0.352. The summed E-state index contributed by atoms with van der Waals surface area (Å²) in [6, 6.07) is 27.0. The van der Waals surface area contributed by atoms with Crippen LogP contribution < -0.4 is 0 Å². The van der Waals surface area contributed by atoms with Crippen LogP contribution in [0.4, 0.5) is 4.39 Å². The molecule has 0 spiro atoms. The van der Waals surface area contributed by atoms with Gasteiger partial charge in [0.15, 0.2) is 5.16 Å². The lowest BCUT2D eigenvalue weighted by atomic mass is 10.2. The molecule has 3 nitrogen and oxygen atoms in total. The fraction of sp³-hybridized carbons (Fsp3) is 0.0909. The van der Waals surface area contributed by atoms with Crippen molar-refractivity contribution in [3.63, 3.8) is 0 Å². The maximum Gasteiger partial charge on any atom is 0.196 e. The molecule has 1 heterocycles. The minimum absolute atomic E-state index is 0.221. The zero-order chi connectivity index (χ0) is 19.2. The second kappa shape index (κ2) is 9.08. The first-order chi connectivity index (χ1) is 13.8. The van der Waals surface area contributed by atoms with Crippen molar-refractivity contribution >= 4 is 23.5 Å². The Kier molecular flexibility index (Phi) is 6.09. The Morgan fingerprint density at radius 3 is 2.11 bits per heavy atom. The van der Waals surface area contributed by atoms with Crippen molar-refractivity contribution in [1.82, 2.24) is 14.8 Å². The van der Waals surface area contributed by atoms with Gasteiger partial charge in [-0.2, -0.15) is 0 Å². The maximum atomic E-state index is 13.1. The molecule has 0 unspecified atom stereocenters. The number of para-hydroxylation sites is 1. The highest BCUT2D eigenvalue weighted by Gasteiger charge is 2.15. The monoisotopic (exact) mass is 407 g/mol. The molecule has 1 aromatic heterocycles. The third-order valence-corrected chi connectivity index (χ3v) is 6.12. The molecular weight excluding hydrogens is 389 g/mol. The Hall–Kier alpha value is -2.57. The topological polar surface area (TPSA) is 30.7 Å². The molecule has 0 N–H and O–H groups in total. The van der Waals surface area contributed by atoms with Crippen molar-refractivity contribution in [2.45, 2.75) is 21.6 Å². The molecule has 4 rings (SSSR count). The van der Waals surface area contributed by atoms with E-state index < -0.39 is 0 Å². The summed E-state index contributed by atoms with van der Waals surface area (Å²) in [6.45, 7) is 0. The molecule has 3 aromatic carbocycles. The summed E-state index contributed by atoms with van der Waals surface area (Å²) in [5, 5.41) is 9.70. The van der Waals surface area contributed by atoms with Crippen LogP contribution in [0.3, 0.4) is 0 Å². The largest absolute Gasteiger partial charge is 0.273 e. The van der Waals surface area contributed by atoms with Crippen LogP contribution in [0.25, 0.3) is 5.69 Å². The molecule has 0 aliphatic rings. The van der Waals surface area contributed by atoms with Gasteiger partial charge in [0.25, 0.3) is 0 Å². The zero-order valence-electron chi connectivity index (χ0n) is 15.0. The molecule has 0 saturated carbocycles. The molecule has 0 bridgehead atoms. The van der Waals surface area contributed by atoms with Gasteiger partial charge in [0.2, 0.25) is 0 Å². The molecule has 0 atom stereocenters. The Bertz CT molecular complexity index is 1020. The van der Waals surface area contributed by atoms with Gasteiger partial charge in [0.1, 0.15) is 11.6 Å². The number of halogens is 1. The van der Waals surface area contributed by atoms with Crippen LogP contribution in [0.1, 0.15) is 11.4 Å². The van der Waals surface area contributed by atoms with E-state index in [0.717, 1.165) is 28.0 Å². The molecule has 0 aliphatic carbocycles. The van der Waals surface area contributed by atoms with Gasteiger partial charge in [-0.1, -0.05) is 60.3 Å². The molecule has 0 aliphatic heterocycles. The molecule has 0 saturated heterocycles. The van der Waals surface area contributed by atoms with E-state index in [0.29, 0.717) is 5.75 Å². The molecule has 6 heteroatoms. The van der Waals surface area contributed by atoms with Crippen molar-refractivity contribution in [3.05, 3.63) is 102 Å². The van der Waals surface area contributed by atoms with E-state index in [4.69, 9.17) is 0 Å². The van der Waals surface area contributed by atoms with Crippen molar-refractivity contribution in [1.29, 1.82) is 0 Å². The predicted molar refractivity (Wildman–Crippen MR) is 113 cm³/mol. The summed E-state index contributed by atoms with van der Waals surface area (Å²) >= 11 is 3.34. The summed E-state index contributed by atoms with van der Waals surface area (Å²) < 4.78 is 15.2. The zero-order valence-corrected chi connectivity index (χ0v) is 16.7. The number of hydrogen-bond donors (Lipinski definition) is 0. The maximum absolute atomic E-state index is 13.1. The number of thioether (sulfide) groups is 2. The molecule has 0 fully saturated rings. The lowest BCUT2D eigenvalue weighted by molar-refractivity contribution is 0.627. The van der Waals surface area contributed by atoms with Crippen LogP contribution in [0, 0.1) is 5.82 Å². The van der Waals surface area contributed by atoms with Gasteiger partial charge in [-0.05, 0) is 42.0 Å². The van der Waals surface area contributed by atoms with Gasteiger partial charge in [0, 0.05) is 16.3 Å². The van der Waals surface area contributed by atoms with E-state index in [1.54, 1.807) is 35.7 Å². The van der Waals surface area contributed by atoms with Crippen molar-refractivity contribution in [2.24, 2.45) is 0 Å². The van der Waals surface area contributed by atoms with Gasteiger partial charge in [-0.25, -0.2) is 4.39 Å². The third kappa shape index (κ3) is 4.64. The lowest BCUT2D eigenvalue weighted by Gasteiger charge is -2.10. The Morgan fingerprint density at radius 1 is 0.714 bits per heavy atom. The van der Waals surface area contributed by atoms with Crippen LogP contribution in [0.2, 0.25) is 0 Å². The second-order valence-corrected chi connectivity index (χ2v) is 8.08. The van der Waals surface area contributed by atoms with Gasteiger partial charge < -0.3 is 0 Å². The van der Waals surface area contributed by atoms with Gasteiger partial charge in [0.05, 0.1) is 5.75 Å². The molecule has 28 heavy (non-hydrogen) atoms. The second-order valence-electron chi connectivity index (χ2n) is 6.09. The Labute approximate surface area is 172 Å². The predicted octanol–water partition coefficient (Wildman–Crippen LogP) is 5.99.